The van der Waals surface area contributed by atoms with Crippen LogP contribution < -0.4 is 4.74 Å². The summed E-state index contributed by atoms with van der Waals surface area (Å²) in [5.74, 6) is 0.471. The molecule has 0 saturated heterocycles. The lowest BCUT2D eigenvalue weighted by atomic mass is 10.1. The Kier molecular flexibility index (Phi) is 3.10. The number of fused-ring (bicyclic) bond motifs is 1. The van der Waals surface area contributed by atoms with Crippen molar-refractivity contribution in [2.45, 2.75) is 6.92 Å². The minimum absolute atomic E-state index is 0.153. The van der Waals surface area contributed by atoms with Gasteiger partial charge in [-0.15, -0.1) is 0 Å². The van der Waals surface area contributed by atoms with E-state index >= 15 is 0 Å². The van der Waals surface area contributed by atoms with Gasteiger partial charge in [0.25, 0.3) is 0 Å². The summed E-state index contributed by atoms with van der Waals surface area (Å²) >= 11 is 12.0. The molecule has 0 spiro atoms. The normalized spacial score (nSPS) is 10.3. The molecular formula is C12H8Cl2N2O. The predicted molar refractivity (Wildman–Crippen MR) is 67.8 cm³/mol. The van der Waals surface area contributed by atoms with E-state index < -0.39 is 0 Å². The van der Waals surface area contributed by atoms with Crippen LogP contribution in [0.3, 0.4) is 0 Å². The number of halogens is 2. The molecule has 0 aliphatic rings. The quantitative estimate of drug-likeness (QED) is 0.739. The van der Waals surface area contributed by atoms with Crippen LogP contribution in [-0.2, 0) is 0 Å². The number of hydrogen-bond donors (Lipinski definition) is 0. The van der Waals surface area contributed by atoms with Gasteiger partial charge in [-0.3, -0.25) is 0 Å². The second kappa shape index (κ2) is 4.40. The number of nitriles is 1. The van der Waals surface area contributed by atoms with E-state index in [1.165, 1.54) is 7.11 Å². The Morgan fingerprint density at radius 1 is 1.35 bits per heavy atom. The Balaban J connectivity index is 2.95. The summed E-state index contributed by atoms with van der Waals surface area (Å²) < 4.78 is 5.21. The molecule has 3 nitrogen and oxygen atoms in total. The molecule has 2 aromatic rings. The minimum Gasteiger partial charge on any atom is -0.493 e. The number of ether oxygens (including phenoxy) is 1. The fourth-order valence-electron chi connectivity index (χ4n) is 1.68. The van der Waals surface area contributed by atoms with Crippen LogP contribution >= 0.6 is 23.2 Å². The first kappa shape index (κ1) is 12.0. The van der Waals surface area contributed by atoms with Crippen LogP contribution in [-0.4, -0.2) is 12.1 Å². The molecule has 1 aromatic heterocycles. The van der Waals surface area contributed by atoms with Crippen LogP contribution in [0.25, 0.3) is 10.9 Å². The second-order valence-corrected chi connectivity index (χ2v) is 4.31. The molecular weight excluding hydrogens is 259 g/mol. The van der Waals surface area contributed by atoms with Crippen molar-refractivity contribution in [3.05, 3.63) is 33.4 Å². The van der Waals surface area contributed by atoms with Gasteiger partial charge in [0.1, 0.15) is 16.7 Å². The monoisotopic (exact) mass is 266 g/mol. The van der Waals surface area contributed by atoms with Crippen molar-refractivity contribution in [2.75, 3.05) is 7.11 Å². The van der Waals surface area contributed by atoms with Crippen LogP contribution in [0.5, 0.6) is 5.75 Å². The molecule has 1 aromatic carbocycles. The molecule has 0 fully saturated rings. The van der Waals surface area contributed by atoms with Crippen molar-refractivity contribution in [3.63, 3.8) is 0 Å². The summed E-state index contributed by atoms with van der Waals surface area (Å²) in [6.07, 6.45) is 0. The summed E-state index contributed by atoms with van der Waals surface area (Å²) in [5, 5.41) is 10.4. The van der Waals surface area contributed by atoms with Gasteiger partial charge >= 0.3 is 0 Å². The molecule has 0 aliphatic heterocycles. The van der Waals surface area contributed by atoms with Gasteiger partial charge in [0.05, 0.1) is 17.7 Å². The fraction of sp³-hybridized carbons (Fsp3) is 0.167. The van der Waals surface area contributed by atoms with Crippen LogP contribution in [0.1, 0.15) is 11.1 Å². The third kappa shape index (κ3) is 1.90. The molecule has 0 N–H and O–H groups in total. The molecule has 2 rings (SSSR count). The Labute approximate surface area is 109 Å². The summed E-state index contributed by atoms with van der Waals surface area (Å²) in [7, 11) is 1.52. The highest BCUT2D eigenvalue weighted by Crippen LogP contribution is 2.35. The van der Waals surface area contributed by atoms with E-state index in [4.69, 9.17) is 33.2 Å². The number of methoxy groups -OCH3 is 1. The van der Waals surface area contributed by atoms with E-state index in [1.807, 2.05) is 13.0 Å². The van der Waals surface area contributed by atoms with Crippen molar-refractivity contribution in [1.82, 2.24) is 4.98 Å². The van der Waals surface area contributed by atoms with Crippen molar-refractivity contribution in [2.24, 2.45) is 0 Å². The van der Waals surface area contributed by atoms with E-state index in [0.717, 1.165) is 10.9 Å². The number of hydrogen-bond acceptors (Lipinski definition) is 3. The Morgan fingerprint density at radius 2 is 2.06 bits per heavy atom. The Bertz CT molecular complexity index is 647. The molecule has 0 radical (unpaired) electrons. The molecule has 5 heteroatoms. The SMILES string of the molecule is COc1c(Cl)cc(C)c2cc(C#N)c(Cl)nc12. The Hall–Kier alpha value is -1.50. The number of aromatic nitrogens is 1. The van der Waals surface area contributed by atoms with Crippen molar-refractivity contribution >= 4 is 34.1 Å². The van der Waals surface area contributed by atoms with Crippen LogP contribution in [0.4, 0.5) is 0 Å². The largest absolute Gasteiger partial charge is 0.493 e. The average molecular weight is 267 g/mol. The lowest BCUT2D eigenvalue weighted by Gasteiger charge is -2.10. The maximum atomic E-state index is 8.92. The van der Waals surface area contributed by atoms with Crippen LogP contribution in [0.2, 0.25) is 10.2 Å². The lowest BCUT2D eigenvalue weighted by Crippen LogP contribution is -1.93. The van der Waals surface area contributed by atoms with E-state index in [2.05, 4.69) is 4.98 Å². The van der Waals surface area contributed by atoms with Gasteiger partial charge in [0.15, 0.2) is 5.75 Å². The maximum Gasteiger partial charge on any atom is 0.163 e. The van der Waals surface area contributed by atoms with E-state index in [0.29, 0.717) is 21.9 Å². The van der Waals surface area contributed by atoms with E-state index in [-0.39, 0.29) is 5.15 Å². The zero-order valence-corrected chi connectivity index (χ0v) is 10.7. The maximum absolute atomic E-state index is 8.92. The average Bonchev–Trinajstić information content (AvgIpc) is 2.29. The molecule has 0 saturated carbocycles. The highest BCUT2D eigenvalue weighted by molar-refractivity contribution is 6.34. The third-order valence-corrected chi connectivity index (χ3v) is 3.07. The van der Waals surface area contributed by atoms with Gasteiger partial charge in [-0.2, -0.15) is 5.26 Å². The molecule has 0 atom stereocenters. The minimum atomic E-state index is 0.153. The molecule has 1 heterocycles. The first-order valence-electron chi connectivity index (χ1n) is 4.82. The van der Waals surface area contributed by atoms with Crippen LogP contribution in [0.15, 0.2) is 12.1 Å². The van der Waals surface area contributed by atoms with Gasteiger partial charge in [-0.1, -0.05) is 23.2 Å². The molecule has 0 amide bonds. The number of benzene rings is 1. The number of aryl methyl sites for hydroxylation is 1. The molecule has 0 aliphatic carbocycles. The molecule has 0 bridgehead atoms. The topological polar surface area (TPSA) is 45.9 Å². The van der Waals surface area contributed by atoms with E-state index in [9.17, 15) is 0 Å². The van der Waals surface area contributed by atoms with Crippen LogP contribution in [0, 0.1) is 18.3 Å². The summed E-state index contributed by atoms with van der Waals surface area (Å²) in [5.41, 5.74) is 1.83. The van der Waals surface area contributed by atoms with Crippen molar-refractivity contribution < 1.29 is 4.74 Å². The summed E-state index contributed by atoms with van der Waals surface area (Å²) in [6.45, 7) is 1.89. The second-order valence-electron chi connectivity index (χ2n) is 3.54. The van der Waals surface area contributed by atoms with Gasteiger partial charge < -0.3 is 4.74 Å². The Morgan fingerprint density at radius 3 is 2.65 bits per heavy atom. The highest BCUT2D eigenvalue weighted by atomic mass is 35.5. The zero-order valence-electron chi connectivity index (χ0n) is 9.21. The van der Waals surface area contributed by atoms with E-state index in [1.54, 1.807) is 12.1 Å². The van der Waals surface area contributed by atoms with Gasteiger partial charge in [-0.25, -0.2) is 4.98 Å². The van der Waals surface area contributed by atoms with Crippen molar-refractivity contribution in [3.8, 4) is 11.8 Å². The smallest absolute Gasteiger partial charge is 0.163 e. The predicted octanol–water partition coefficient (Wildman–Crippen LogP) is 3.73. The highest BCUT2D eigenvalue weighted by Gasteiger charge is 2.14. The molecule has 17 heavy (non-hydrogen) atoms. The van der Waals surface area contributed by atoms with Gasteiger partial charge in [0.2, 0.25) is 0 Å². The first-order chi connectivity index (χ1) is 8.08. The van der Waals surface area contributed by atoms with Gasteiger partial charge in [-0.05, 0) is 24.6 Å². The summed E-state index contributed by atoms with van der Waals surface area (Å²) in [6, 6.07) is 5.47. The number of rotatable bonds is 1. The fourth-order valence-corrected chi connectivity index (χ4v) is 2.20. The number of nitrogens with zero attached hydrogens (tertiary/aromatic N) is 2. The standard InChI is InChI=1S/C12H8Cl2N2O/c1-6-3-9(13)11(17-2)10-8(6)4-7(5-15)12(14)16-10/h3-4H,1-2H3. The lowest BCUT2D eigenvalue weighted by molar-refractivity contribution is 0.419. The third-order valence-electron chi connectivity index (χ3n) is 2.50. The molecule has 0 unspecified atom stereocenters. The van der Waals surface area contributed by atoms with Gasteiger partial charge in [0, 0.05) is 5.39 Å². The molecule has 86 valence electrons. The number of pyridine rings is 1. The summed E-state index contributed by atoms with van der Waals surface area (Å²) in [4.78, 5) is 4.17. The zero-order chi connectivity index (χ0) is 12.6. The van der Waals surface area contributed by atoms with Crippen molar-refractivity contribution in [1.29, 1.82) is 5.26 Å². The first-order valence-corrected chi connectivity index (χ1v) is 5.57.